The molecule has 1 atom stereocenters. The lowest BCUT2D eigenvalue weighted by molar-refractivity contribution is 0.109. The Hall–Kier alpha value is -0.860. The van der Waals surface area contributed by atoms with Crippen LogP contribution in [0.3, 0.4) is 0 Å². The van der Waals surface area contributed by atoms with Crippen molar-refractivity contribution >= 4 is 0 Å². The molecule has 1 N–H and O–H groups in total. The van der Waals surface area contributed by atoms with Crippen molar-refractivity contribution in [3.8, 4) is 0 Å². The summed E-state index contributed by atoms with van der Waals surface area (Å²) >= 11 is 0. The summed E-state index contributed by atoms with van der Waals surface area (Å²) in [5.41, 5.74) is 1.41. The smallest absolute Gasteiger partial charge is 0.0619 e. The van der Waals surface area contributed by atoms with Gasteiger partial charge in [0.2, 0.25) is 0 Å². The number of nitrogens with one attached hydrogen (secondary N) is 1. The minimum absolute atomic E-state index is 0.483. The van der Waals surface area contributed by atoms with Gasteiger partial charge in [0, 0.05) is 12.6 Å². The molecule has 102 valence electrons. The Morgan fingerprint density at radius 2 is 1.89 bits per heavy atom. The lowest BCUT2D eigenvalue weighted by atomic mass is 10.1. The van der Waals surface area contributed by atoms with Gasteiger partial charge in [-0.1, -0.05) is 44.2 Å². The van der Waals surface area contributed by atoms with Gasteiger partial charge < -0.3 is 10.1 Å². The normalized spacial score (nSPS) is 12.6. The molecule has 0 aliphatic heterocycles. The Kier molecular flexibility index (Phi) is 8.53. The molecular formula is C16H27NO. The van der Waals surface area contributed by atoms with Crippen LogP contribution in [0.1, 0.15) is 38.7 Å². The maximum atomic E-state index is 5.67. The number of hydrogen-bond donors (Lipinski definition) is 1. The second kappa shape index (κ2) is 10.1. The topological polar surface area (TPSA) is 21.3 Å². The van der Waals surface area contributed by atoms with E-state index in [4.69, 9.17) is 4.74 Å². The van der Waals surface area contributed by atoms with E-state index in [0.717, 1.165) is 39.0 Å². The Morgan fingerprint density at radius 1 is 1.11 bits per heavy atom. The molecule has 18 heavy (non-hydrogen) atoms. The van der Waals surface area contributed by atoms with Gasteiger partial charge in [-0.25, -0.2) is 0 Å². The van der Waals surface area contributed by atoms with Gasteiger partial charge in [-0.2, -0.15) is 0 Å². The molecule has 1 rings (SSSR count). The van der Waals surface area contributed by atoms with E-state index in [1.807, 2.05) is 0 Å². The Labute approximate surface area is 112 Å². The fourth-order valence-corrected chi connectivity index (χ4v) is 1.95. The van der Waals surface area contributed by atoms with E-state index in [0.29, 0.717) is 6.04 Å². The average molecular weight is 249 g/mol. The van der Waals surface area contributed by atoms with Crippen LogP contribution in [0.15, 0.2) is 30.3 Å². The zero-order valence-corrected chi connectivity index (χ0v) is 11.8. The highest BCUT2D eigenvalue weighted by atomic mass is 16.5. The molecule has 0 bridgehead atoms. The van der Waals surface area contributed by atoms with Crippen LogP contribution in [0, 0.1) is 0 Å². The highest BCUT2D eigenvalue weighted by Crippen LogP contribution is 2.05. The van der Waals surface area contributed by atoms with E-state index in [-0.39, 0.29) is 0 Å². The first-order valence-electron chi connectivity index (χ1n) is 7.21. The fourth-order valence-electron chi connectivity index (χ4n) is 1.95. The van der Waals surface area contributed by atoms with Gasteiger partial charge in [0.25, 0.3) is 0 Å². The number of benzene rings is 1. The number of ether oxygens (including phenoxy) is 1. The monoisotopic (exact) mass is 249 g/mol. The van der Waals surface area contributed by atoms with Crippen LogP contribution in [0.2, 0.25) is 0 Å². The highest BCUT2D eigenvalue weighted by molar-refractivity contribution is 5.14. The van der Waals surface area contributed by atoms with Crippen LogP contribution in [0.4, 0.5) is 0 Å². The predicted octanol–water partition coefficient (Wildman–Crippen LogP) is 3.41. The number of aryl methyl sites for hydroxylation is 1. The van der Waals surface area contributed by atoms with E-state index in [9.17, 15) is 0 Å². The molecule has 0 aliphatic rings. The van der Waals surface area contributed by atoms with Gasteiger partial charge in [0.05, 0.1) is 6.61 Å². The molecule has 2 nitrogen and oxygen atoms in total. The van der Waals surface area contributed by atoms with Crippen LogP contribution in [-0.4, -0.2) is 25.8 Å². The second-order valence-corrected chi connectivity index (χ2v) is 4.75. The fraction of sp³-hybridized carbons (Fsp3) is 0.625. The van der Waals surface area contributed by atoms with Gasteiger partial charge in [0.15, 0.2) is 0 Å². The zero-order chi connectivity index (χ0) is 13.1. The lowest BCUT2D eigenvalue weighted by Crippen LogP contribution is -2.34. The van der Waals surface area contributed by atoms with Crippen molar-refractivity contribution in [2.24, 2.45) is 0 Å². The van der Waals surface area contributed by atoms with E-state index in [1.165, 1.54) is 12.0 Å². The third kappa shape index (κ3) is 6.77. The van der Waals surface area contributed by atoms with E-state index in [1.54, 1.807) is 0 Å². The summed E-state index contributed by atoms with van der Waals surface area (Å²) in [5, 5.41) is 3.57. The van der Waals surface area contributed by atoms with Gasteiger partial charge in [-0.3, -0.25) is 0 Å². The van der Waals surface area contributed by atoms with Crippen LogP contribution in [0.5, 0.6) is 0 Å². The molecule has 0 aromatic heterocycles. The van der Waals surface area contributed by atoms with Crippen molar-refractivity contribution in [1.82, 2.24) is 5.32 Å². The summed E-state index contributed by atoms with van der Waals surface area (Å²) in [6.07, 6.45) is 4.54. The molecule has 0 saturated carbocycles. The van der Waals surface area contributed by atoms with E-state index < -0.39 is 0 Å². The zero-order valence-electron chi connectivity index (χ0n) is 11.8. The van der Waals surface area contributed by atoms with Gasteiger partial charge >= 0.3 is 0 Å². The maximum Gasteiger partial charge on any atom is 0.0619 e. The highest BCUT2D eigenvalue weighted by Gasteiger charge is 2.07. The third-order valence-corrected chi connectivity index (χ3v) is 2.97. The van der Waals surface area contributed by atoms with Crippen LogP contribution >= 0.6 is 0 Å². The van der Waals surface area contributed by atoms with Crippen molar-refractivity contribution < 1.29 is 4.74 Å². The summed E-state index contributed by atoms with van der Waals surface area (Å²) in [5.74, 6) is 0. The van der Waals surface area contributed by atoms with Crippen LogP contribution in [-0.2, 0) is 11.2 Å². The molecule has 0 radical (unpaired) electrons. The standard InChI is InChI=1S/C16H27NO/c1-3-12-17-16(14-18-13-4-2)11-10-15-8-6-5-7-9-15/h5-9,16-17H,3-4,10-14H2,1-2H3. The van der Waals surface area contributed by atoms with Crippen molar-refractivity contribution in [2.75, 3.05) is 19.8 Å². The van der Waals surface area contributed by atoms with Crippen molar-refractivity contribution in [2.45, 2.75) is 45.6 Å². The molecule has 1 unspecified atom stereocenters. The first-order valence-corrected chi connectivity index (χ1v) is 7.21. The number of hydrogen-bond acceptors (Lipinski definition) is 2. The SMILES string of the molecule is CCCNC(CCc1ccccc1)COCCC. The summed E-state index contributed by atoms with van der Waals surface area (Å²) in [7, 11) is 0. The molecule has 0 saturated heterocycles. The molecule has 1 aromatic rings. The largest absolute Gasteiger partial charge is 0.380 e. The Morgan fingerprint density at radius 3 is 2.56 bits per heavy atom. The number of rotatable bonds is 10. The van der Waals surface area contributed by atoms with E-state index >= 15 is 0 Å². The van der Waals surface area contributed by atoms with Crippen molar-refractivity contribution in [3.05, 3.63) is 35.9 Å². The molecule has 1 aromatic carbocycles. The third-order valence-electron chi connectivity index (χ3n) is 2.97. The minimum atomic E-state index is 0.483. The lowest BCUT2D eigenvalue weighted by Gasteiger charge is -2.18. The van der Waals surface area contributed by atoms with Crippen LogP contribution in [0.25, 0.3) is 0 Å². The summed E-state index contributed by atoms with van der Waals surface area (Å²) < 4.78 is 5.67. The minimum Gasteiger partial charge on any atom is -0.380 e. The molecule has 0 spiro atoms. The second-order valence-electron chi connectivity index (χ2n) is 4.75. The summed E-state index contributed by atoms with van der Waals surface area (Å²) in [6, 6.07) is 11.2. The molecule has 0 fully saturated rings. The predicted molar refractivity (Wildman–Crippen MR) is 78.0 cm³/mol. The molecule has 0 heterocycles. The molecule has 0 aliphatic carbocycles. The Bertz CT molecular complexity index is 286. The first kappa shape index (κ1) is 15.2. The molecular weight excluding hydrogens is 222 g/mol. The molecule has 0 amide bonds. The first-order chi connectivity index (χ1) is 8.86. The average Bonchev–Trinajstić information content (AvgIpc) is 2.42. The van der Waals surface area contributed by atoms with Gasteiger partial charge in [-0.15, -0.1) is 0 Å². The van der Waals surface area contributed by atoms with Crippen molar-refractivity contribution in [1.29, 1.82) is 0 Å². The maximum absolute atomic E-state index is 5.67. The van der Waals surface area contributed by atoms with Gasteiger partial charge in [0.1, 0.15) is 0 Å². The molecule has 2 heteroatoms. The Balaban J connectivity index is 2.30. The quantitative estimate of drug-likeness (QED) is 0.642. The van der Waals surface area contributed by atoms with Crippen molar-refractivity contribution in [3.63, 3.8) is 0 Å². The summed E-state index contributed by atoms with van der Waals surface area (Å²) in [4.78, 5) is 0. The summed E-state index contributed by atoms with van der Waals surface area (Å²) in [6.45, 7) is 7.14. The van der Waals surface area contributed by atoms with E-state index in [2.05, 4.69) is 49.5 Å². The van der Waals surface area contributed by atoms with Gasteiger partial charge in [-0.05, 0) is 37.8 Å². The van der Waals surface area contributed by atoms with Crippen LogP contribution < -0.4 is 5.32 Å².